The fourth-order valence-electron chi connectivity index (χ4n) is 1.80. The van der Waals surface area contributed by atoms with Crippen LogP contribution in [-0.4, -0.2) is 31.2 Å². The van der Waals surface area contributed by atoms with Crippen molar-refractivity contribution in [1.29, 1.82) is 0 Å². The van der Waals surface area contributed by atoms with E-state index in [0.717, 1.165) is 16.1 Å². The van der Waals surface area contributed by atoms with Gasteiger partial charge in [-0.1, -0.05) is 35.5 Å². The van der Waals surface area contributed by atoms with Crippen LogP contribution in [0.4, 0.5) is 0 Å². The van der Waals surface area contributed by atoms with Gasteiger partial charge in [-0.3, -0.25) is 9.59 Å². The molecule has 21 heavy (non-hydrogen) atoms. The Balaban J connectivity index is 2.41. The highest BCUT2D eigenvalue weighted by atomic mass is 35.5. The summed E-state index contributed by atoms with van der Waals surface area (Å²) in [4.78, 5) is 26.4. The van der Waals surface area contributed by atoms with E-state index >= 15 is 0 Å². The molecule has 2 aromatic carbocycles. The molecule has 0 saturated carbocycles. The molecule has 5 heteroatoms. The number of carbonyl (C=O) groups is 2. The Labute approximate surface area is 132 Å². The first-order chi connectivity index (χ1) is 10.0. The van der Waals surface area contributed by atoms with E-state index in [2.05, 4.69) is 0 Å². The highest BCUT2D eigenvalue weighted by Crippen LogP contribution is 2.33. The summed E-state index contributed by atoms with van der Waals surface area (Å²) in [5, 5.41) is 0.513. The van der Waals surface area contributed by atoms with Gasteiger partial charge in [-0.25, -0.2) is 0 Å². The van der Waals surface area contributed by atoms with Gasteiger partial charge in [0, 0.05) is 34.5 Å². The SMILES string of the molecule is CN(C)C(=O)c1ccccc1Sc1ccc(Cl)cc1C=O. The van der Waals surface area contributed by atoms with E-state index in [1.807, 2.05) is 18.2 Å². The van der Waals surface area contributed by atoms with Crippen molar-refractivity contribution in [2.75, 3.05) is 14.1 Å². The Kier molecular flexibility index (Phi) is 5.04. The first-order valence-electron chi connectivity index (χ1n) is 6.26. The van der Waals surface area contributed by atoms with Gasteiger partial charge in [-0.15, -0.1) is 0 Å². The lowest BCUT2D eigenvalue weighted by Gasteiger charge is -2.14. The number of rotatable bonds is 4. The molecule has 2 rings (SSSR count). The molecule has 0 heterocycles. The number of benzene rings is 2. The fraction of sp³-hybridized carbons (Fsp3) is 0.125. The smallest absolute Gasteiger partial charge is 0.254 e. The molecule has 1 amide bonds. The Morgan fingerprint density at radius 3 is 2.52 bits per heavy atom. The molecule has 0 aliphatic heterocycles. The lowest BCUT2D eigenvalue weighted by Crippen LogP contribution is -2.22. The van der Waals surface area contributed by atoms with Crippen LogP contribution in [0, 0.1) is 0 Å². The van der Waals surface area contributed by atoms with Crippen LogP contribution in [0.5, 0.6) is 0 Å². The Bertz CT molecular complexity index is 686. The molecule has 0 atom stereocenters. The molecule has 0 unspecified atom stereocenters. The van der Waals surface area contributed by atoms with Gasteiger partial charge in [0.15, 0.2) is 6.29 Å². The first-order valence-corrected chi connectivity index (χ1v) is 7.45. The van der Waals surface area contributed by atoms with Crippen molar-refractivity contribution in [3.63, 3.8) is 0 Å². The predicted octanol–water partition coefficient (Wildman–Crippen LogP) is 4.01. The van der Waals surface area contributed by atoms with E-state index in [4.69, 9.17) is 11.6 Å². The van der Waals surface area contributed by atoms with E-state index in [0.29, 0.717) is 16.1 Å². The number of carbonyl (C=O) groups excluding carboxylic acids is 2. The summed E-state index contributed by atoms with van der Waals surface area (Å²) >= 11 is 7.28. The van der Waals surface area contributed by atoms with Gasteiger partial charge >= 0.3 is 0 Å². The molecule has 0 N–H and O–H groups in total. The number of hydrogen-bond acceptors (Lipinski definition) is 3. The van der Waals surface area contributed by atoms with Crippen LogP contribution in [0.15, 0.2) is 52.3 Å². The standard InChI is InChI=1S/C16H14ClNO2S/c1-18(2)16(20)13-5-3-4-6-15(13)21-14-8-7-12(17)9-11(14)10-19/h3-10H,1-2H3. The topological polar surface area (TPSA) is 37.4 Å². The zero-order chi connectivity index (χ0) is 15.4. The monoisotopic (exact) mass is 319 g/mol. The second kappa shape index (κ2) is 6.78. The van der Waals surface area contributed by atoms with Crippen molar-refractivity contribution in [2.24, 2.45) is 0 Å². The third-order valence-electron chi connectivity index (χ3n) is 2.84. The summed E-state index contributed by atoms with van der Waals surface area (Å²) in [6.45, 7) is 0. The minimum absolute atomic E-state index is 0.0697. The number of amides is 1. The van der Waals surface area contributed by atoms with Crippen LogP contribution in [-0.2, 0) is 0 Å². The average molecular weight is 320 g/mol. The summed E-state index contributed by atoms with van der Waals surface area (Å²) in [7, 11) is 3.42. The molecule has 0 fully saturated rings. The molecule has 0 aromatic heterocycles. The second-order valence-electron chi connectivity index (χ2n) is 4.60. The summed E-state index contributed by atoms with van der Waals surface area (Å²) in [5.41, 5.74) is 1.12. The molecular formula is C16H14ClNO2S. The minimum atomic E-state index is -0.0697. The quantitative estimate of drug-likeness (QED) is 0.799. The fourth-order valence-corrected chi connectivity index (χ4v) is 2.99. The molecule has 108 valence electrons. The van der Waals surface area contributed by atoms with Gasteiger partial charge in [-0.05, 0) is 30.3 Å². The first kappa shape index (κ1) is 15.6. The predicted molar refractivity (Wildman–Crippen MR) is 85.4 cm³/mol. The normalized spacial score (nSPS) is 10.2. The maximum Gasteiger partial charge on any atom is 0.254 e. The van der Waals surface area contributed by atoms with Gasteiger partial charge < -0.3 is 4.90 Å². The molecule has 3 nitrogen and oxygen atoms in total. The summed E-state index contributed by atoms with van der Waals surface area (Å²) in [6.07, 6.45) is 0.768. The molecule has 0 bridgehead atoms. The van der Waals surface area contributed by atoms with Crippen LogP contribution in [0.3, 0.4) is 0 Å². The Hall–Kier alpha value is -1.78. The average Bonchev–Trinajstić information content (AvgIpc) is 2.48. The van der Waals surface area contributed by atoms with E-state index in [-0.39, 0.29) is 5.91 Å². The van der Waals surface area contributed by atoms with Crippen molar-refractivity contribution >= 4 is 35.6 Å². The van der Waals surface area contributed by atoms with E-state index < -0.39 is 0 Å². The van der Waals surface area contributed by atoms with E-state index in [1.54, 1.807) is 38.4 Å². The van der Waals surface area contributed by atoms with Crippen molar-refractivity contribution < 1.29 is 9.59 Å². The summed E-state index contributed by atoms with van der Waals surface area (Å²) < 4.78 is 0. The number of nitrogens with zero attached hydrogens (tertiary/aromatic N) is 1. The molecule has 0 aliphatic rings. The largest absolute Gasteiger partial charge is 0.345 e. The van der Waals surface area contributed by atoms with Crippen LogP contribution in [0.1, 0.15) is 20.7 Å². The number of aldehydes is 1. The highest BCUT2D eigenvalue weighted by Gasteiger charge is 2.14. The molecule has 0 saturated heterocycles. The van der Waals surface area contributed by atoms with E-state index in [1.165, 1.54) is 16.7 Å². The molecule has 2 aromatic rings. The van der Waals surface area contributed by atoms with Crippen LogP contribution in [0.2, 0.25) is 5.02 Å². The third kappa shape index (κ3) is 3.65. The summed E-state index contributed by atoms with van der Waals surface area (Å²) in [5.74, 6) is -0.0697. The lowest BCUT2D eigenvalue weighted by atomic mass is 10.2. The lowest BCUT2D eigenvalue weighted by molar-refractivity contribution is 0.0824. The van der Waals surface area contributed by atoms with E-state index in [9.17, 15) is 9.59 Å². The minimum Gasteiger partial charge on any atom is -0.345 e. The maximum atomic E-state index is 12.2. The Morgan fingerprint density at radius 2 is 1.86 bits per heavy atom. The van der Waals surface area contributed by atoms with Crippen molar-refractivity contribution in [2.45, 2.75) is 9.79 Å². The Morgan fingerprint density at radius 1 is 1.14 bits per heavy atom. The molecule has 0 radical (unpaired) electrons. The zero-order valence-corrected chi connectivity index (χ0v) is 13.2. The van der Waals surface area contributed by atoms with Gasteiger partial charge in [0.05, 0.1) is 5.56 Å². The summed E-state index contributed by atoms with van der Waals surface area (Å²) in [6, 6.07) is 12.5. The van der Waals surface area contributed by atoms with Crippen molar-refractivity contribution in [3.8, 4) is 0 Å². The molecular weight excluding hydrogens is 306 g/mol. The second-order valence-corrected chi connectivity index (χ2v) is 6.12. The number of halogens is 1. The third-order valence-corrected chi connectivity index (χ3v) is 4.25. The van der Waals surface area contributed by atoms with Gasteiger partial charge in [0.2, 0.25) is 0 Å². The van der Waals surface area contributed by atoms with Gasteiger partial charge in [0.25, 0.3) is 5.91 Å². The van der Waals surface area contributed by atoms with Crippen LogP contribution >= 0.6 is 23.4 Å². The van der Waals surface area contributed by atoms with Gasteiger partial charge in [-0.2, -0.15) is 0 Å². The van der Waals surface area contributed by atoms with Crippen LogP contribution < -0.4 is 0 Å². The highest BCUT2D eigenvalue weighted by molar-refractivity contribution is 7.99. The van der Waals surface area contributed by atoms with Gasteiger partial charge in [0.1, 0.15) is 0 Å². The number of hydrogen-bond donors (Lipinski definition) is 0. The van der Waals surface area contributed by atoms with Crippen molar-refractivity contribution in [3.05, 3.63) is 58.6 Å². The molecule has 0 spiro atoms. The molecule has 0 aliphatic carbocycles. The maximum absolute atomic E-state index is 12.2. The van der Waals surface area contributed by atoms with Crippen molar-refractivity contribution in [1.82, 2.24) is 4.90 Å². The zero-order valence-electron chi connectivity index (χ0n) is 11.7. The van der Waals surface area contributed by atoms with Crippen LogP contribution in [0.25, 0.3) is 0 Å².